The van der Waals surface area contributed by atoms with Gasteiger partial charge in [-0.25, -0.2) is 0 Å². The number of amides is 2. The normalized spacial score (nSPS) is 13.0. The van der Waals surface area contributed by atoms with Gasteiger partial charge in [-0.05, 0) is 67.6 Å². The predicted molar refractivity (Wildman–Crippen MR) is 130 cm³/mol. The zero-order valence-electron chi connectivity index (χ0n) is 18.5. The van der Waals surface area contributed by atoms with Gasteiger partial charge in [0.05, 0.1) is 6.04 Å². The molecule has 0 aliphatic rings. The molecule has 6 heteroatoms. The molecule has 0 radical (unpaired) electrons. The van der Waals surface area contributed by atoms with E-state index in [0.717, 1.165) is 28.3 Å². The van der Waals surface area contributed by atoms with E-state index < -0.39 is 18.0 Å². The Kier molecular flexibility index (Phi) is 7.98. The standard InChI is InChI=1S/C26H32N4O2/c1-18-12-14-21(15-13-18)30(24(25(29)31)11-4-5-16-27)26(32)23(28)17-20-9-6-8-19-7-2-3-10-22(19)20/h2-3,6-10,12-15,23-24H,4-5,11,16-17,27-28H2,1H3,(H2,29,31)/t23-,24+/m1/s1. The molecule has 0 unspecified atom stereocenters. The van der Waals surface area contributed by atoms with Gasteiger partial charge in [0.15, 0.2) is 0 Å². The van der Waals surface area contributed by atoms with Crippen molar-refractivity contribution in [1.29, 1.82) is 0 Å². The van der Waals surface area contributed by atoms with E-state index in [-0.39, 0.29) is 5.91 Å². The summed E-state index contributed by atoms with van der Waals surface area (Å²) in [5.41, 5.74) is 20.5. The lowest BCUT2D eigenvalue weighted by molar-refractivity contribution is -0.125. The number of carbonyl (C=O) groups is 2. The lowest BCUT2D eigenvalue weighted by Gasteiger charge is -2.32. The number of aryl methyl sites for hydroxylation is 1. The van der Waals surface area contributed by atoms with Crippen LogP contribution in [-0.4, -0.2) is 30.4 Å². The topological polar surface area (TPSA) is 115 Å². The molecule has 0 saturated heterocycles. The molecule has 0 bridgehead atoms. The maximum Gasteiger partial charge on any atom is 0.244 e. The third kappa shape index (κ3) is 5.52. The molecule has 6 N–H and O–H groups in total. The second kappa shape index (κ2) is 10.9. The highest BCUT2D eigenvalue weighted by atomic mass is 16.2. The zero-order valence-corrected chi connectivity index (χ0v) is 18.5. The molecule has 0 spiro atoms. The number of benzene rings is 3. The summed E-state index contributed by atoms with van der Waals surface area (Å²) in [6.45, 7) is 2.49. The quantitative estimate of drug-likeness (QED) is 0.427. The Morgan fingerprint density at radius 3 is 2.31 bits per heavy atom. The van der Waals surface area contributed by atoms with E-state index in [0.29, 0.717) is 31.5 Å². The molecule has 0 aliphatic heterocycles. The Morgan fingerprint density at radius 2 is 1.62 bits per heavy atom. The van der Waals surface area contributed by atoms with Crippen molar-refractivity contribution < 1.29 is 9.59 Å². The average molecular weight is 433 g/mol. The minimum Gasteiger partial charge on any atom is -0.368 e. The monoisotopic (exact) mass is 432 g/mol. The number of fused-ring (bicyclic) bond motifs is 1. The summed E-state index contributed by atoms with van der Waals surface area (Å²) < 4.78 is 0. The van der Waals surface area contributed by atoms with Crippen LogP contribution in [0.1, 0.15) is 30.4 Å². The molecule has 0 fully saturated rings. The minimum absolute atomic E-state index is 0.321. The van der Waals surface area contributed by atoms with Crippen LogP contribution in [0.4, 0.5) is 5.69 Å². The number of primary amides is 1. The molecular formula is C26H32N4O2. The third-order valence-corrected chi connectivity index (χ3v) is 5.76. The number of anilines is 1. The van der Waals surface area contributed by atoms with Gasteiger partial charge < -0.3 is 17.2 Å². The Bertz CT molecular complexity index is 1060. The van der Waals surface area contributed by atoms with Crippen molar-refractivity contribution in [2.75, 3.05) is 11.4 Å². The number of nitrogens with zero attached hydrogens (tertiary/aromatic N) is 1. The van der Waals surface area contributed by atoms with Crippen LogP contribution in [-0.2, 0) is 16.0 Å². The summed E-state index contributed by atoms with van der Waals surface area (Å²) in [6, 6.07) is 19.9. The second-order valence-corrected chi connectivity index (χ2v) is 8.20. The van der Waals surface area contributed by atoms with Crippen LogP contribution in [0.2, 0.25) is 0 Å². The fraction of sp³-hybridized carbons (Fsp3) is 0.308. The Balaban J connectivity index is 1.92. The van der Waals surface area contributed by atoms with Crippen LogP contribution in [0, 0.1) is 6.92 Å². The van der Waals surface area contributed by atoms with E-state index in [4.69, 9.17) is 17.2 Å². The van der Waals surface area contributed by atoms with Crippen LogP contribution in [0.3, 0.4) is 0 Å². The molecule has 3 aromatic carbocycles. The Hall–Kier alpha value is -3.22. The Labute approximate surface area is 189 Å². The maximum absolute atomic E-state index is 13.6. The smallest absolute Gasteiger partial charge is 0.244 e. The van der Waals surface area contributed by atoms with Crippen molar-refractivity contribution in [3.05, 3.63) is 77.9 Å². The molecule has 0 aliphatic carbocycles. The Morgan fingerprint density at radius 1 is 0.938 bits per heavy atom. The van der Waals surface area contributed by atoms with Crippen LogP contribution in [0.15, 0.2) is 66.7 Å². The van der Waals surface area contributed by atoms with E-state index in [2.05, 4.69) is 0 Å². The largest absolute Gasteiger partial charge is 0.368 e. The molecule has 168 valence electrons. The van der Waals surface area contributed by atoms with Crippen LogP contribution in [0.25, 0.3) is 10.8 Å². The maximum atomic E-state index is 13.6. The van der Waals surface area contributed by atoms with Crippen molar-refractivity contribution in [2.45, 2.75) is 44.7 Å². The van der Waals surface area contributed by atoms with Gasteiger partial charge in [-0.1, -0.05) is 60.2 Å². The minimum atomic E-state index is -0.821. The molecule has 3 aromatic rings. The van der Waals surface area contributed by atoms with E-state index in [1.807, 2.05) is 73.7 Å². The van der Waals surface area contributed by atoms with Gasteiger partial charge in [-0.2, -0.15) is 0 Å². The highest BCUT2D eigenvalue weighted by molar-refractivity contribution is 6.03. The fourth-order valence-corrected chi connectivity index (χ4v) is 4.02. The first-order chi connectivity index (χ1) is 15.4. The van der Waals surface area contributed by atoms with Crippen LogP contribution < -0.4 is 22.1 Å². The van der Waals surface area contributed by atoms with E-state index in [9.17, 15) is 9.59 Å². The fourth-order valence-electron chi connectivity index (χ4n) is 4.02. The molecular weight excluding hydrogens is 400 g/mol. The number of hydrogen-bond donors (Lipinski definition) is 3. The highest BCUT2D eigenvalue weighted by Crippen LogP contribution is 2.24. The lowest BCUT2D eigenvalue weighted by atomic mass is 9.97. The summed E-state index contributed by atoms with van der Waals surface area (Å²) in [4.78, 5) is 27.5. The lowest BCUT2D eigenvalue weighted by Crippen LogP contribution is -2.54. The summed E-state index contributed by atoms with van der Waals surface area (Å²) >= 11 is 0. The number of nitrogens with two attached hydrogens (primary N) is 3. The summed E-state index contributed by atoms with van der Waals surface area (Å²) in [5.74, 6) is -0.869. The zero-order chi connectivity index (χ0) is 23.1. The summed E-state index contributed by atoms with van der Waals surface area (Å²) in [6.07, 6.45) is 2.24. The van der Waals surface area contributed by atoms with Gasteiger partial charge in [0, 0.05) is 5.69 Å². The van der Waals surface area contributed by atoms with Crippen LogP contribution >= 0.6 is 0 Å². The highest BCUT2D eigenvalue weighted by Gasteiger charge is 2.32. The van der Waals surface area contributed by atoms with E-state index in [1.165, 1.54) is 4.90 Å². The third-order valence-electron chi connectivity index (χ3n) is 5.76. The first-order valence-corrected chi connectivity index (χ1v) is 11.0. The van der Waals surface area contributed by atoms with Crippen molar-refractivity contribution in [3.63, 3.8) is 0 Å². The van der Waals surface area contributed by atoms with Crippen LogP contribution in [0.5, 0.6) is 0 Å². The molecule has 3 rings (SSSR count). The molecule has 0 heterocycles. The van der Waals surface area contributed by atoms with Gasteiger partial charge in [0.1, 0.15) is 6.04 Å². The molecule has 2 amide bonds. The van der Waals surface area contributed by atoms with Crippen molar-refractivity contribution in [3.8, 4) is 0 Å². The van der Waals surface area contributed by atoms with Gasteiger partial charge in [0.2, 0.25) is 11.8 Å². The molecule has 6 nitrogen and oxygen atoms in total. The van der Waals surface area contributed by atoms with Crippen molar-refractivity contribution in [1.82, 2.24) is 0 Å². The number of unbranched alkanes of at least 4 members (excludes halogenated alkanes) is 1. The van der Waals surface area contributed by atoms with E-state index >= 15 is 0 Å². The van der Waals surface area contributed by atoms with Gasteiger partial charge >= 0.3 is 0 Å². The van der Waals surface area contributed by atoms with E-state index in [1.54, 1.807) is 0 Å². The van der Waals surface area contributed by atoms with Crippen molar-refractivity contribution >= 4 is 28.3 Å². The molecule has 32 heavy (non-hydrogen) atoms. The van der Waals surface area contributed by atoms with Gasteiger partial charge in [-0.15, -0.1) is 0 Å². The molecule has 0 aromatic heterocycles. The molecule has 2 atom stereocenters. The number of hydrogen-bond acceptors (Lipinski definition) is 4. The first-order valence-electron chi connectivity index (χ1n) is 11.0. The first kappa shape index (κ1) is 23.4. The summed E-state index contributed by atoms with van der Waals surface area (Å²) in [5, 5.41) is 2.16. The second-order valence-electron chi connectivity index (χ2n) is 8.20. The SMILES string of the molecule is Cc1ccc(N(C(=O)[C@H](N)Cc2cccc3ccccc23)[C@@H](CCCCN)C(N)=O)cc1. The van der Waals surface area contributed by atoms with Gasteiger partial charge in [-0.3, -0.25) is 14.5 Å². The number of rotatable bonds is 10. The van der Waals surface area contributed by atoms with Crippen molar-refractivity contribution in [2.24, 2.45) is 17.2 Å². The predicted octanol–water partition coefficient (Wildman–Crippen LogP) is 3.03. The summed E-state index contributed by atoms with van der Waals surface area (Å²) in [7, 11) is 0. The number of carbonyl (C=O) groups excluding carboxylic acids is 2. The average Bonchev–Trinajstić information content (AvgIpc) is 2.79. The van der Waals surface area contributed by atoms with Gasteiger partial charge in [0.25, 0.3) is 0 Å². The molecule has 0 saturated carbocycles.